The second kappa shape index (κ2) is 10.4. The van der Waals surface area contributed by atoms with Crippen LogP contribution >= 0.6 is 0 Å². The summed E-state index contributed by atoms with van der Waals surface area (Å²) in [6.07, 6.45) is 2.57. The van der Waals surface area contributed by atoms with E-state index in [4.69, 9.17) is 4.74 Å². The predicted molar refractivity (Wildman–Crippen MR) is 140 cm³/mol. The van der Waals surface area contributed by atoms with Crippen LogP contribution in [0.15, 0.2) is 81.4 Å². The van der Waals surface area contributed by atoms with Crippen molar-refractivity contribution < 1.29 is 36.0 Å². The number of sulfonamides is 1. The van der Waals surface area contributed by atoms with Gasteiger partial charge in [-0.1, -0.05) is 24.6 Å². The zero-order valence-corrected chi connectivity index (χ0v) is 22.3. The van der Waals surface area contributed by atoms with Crippen LogP contribution in [-0.2, 0) is 29.4 Å². The number of amides is 1. The highest BCUT2D eigenvalue weighted by Gasteiger charge is 2.35. The number of benzene rings is 3. The van der Waals surface area contributed by atoms with Crippen LogP contribution in [0, 0.1) is 0 Å². The van der Waals surface area contributed by atoms with Crippen LogP contribution in [-0.4, -0.2) is 58.5 Å². The number of nitrogens with one attached hydrogen (secondary N) is 1. The Kier molecular flexibility index (Phi) is 7.10. The fourth-order valence-electron chi connectivity index (χ4n) is 4.61. The number of ketones is 1. The van der Waals surface area contributed by atoms with Crippen molar-refractivity contribution in [2.45, 2.75) is 33.9 Å². The molecule has 10 nitrogen and oxygen atoms in total. The summed E-state index contributed by atoms with van der Waals surface area (Å²) in [5.41, 5.74) is 0.0743. The number of anilines is 1. The summed E-state index contributed by atoms with van der Waals surface area (Å²) in [5, 5.41) is 2.50. The van der Waals surface area contributed by atoms with Gasteiger partial charge in [0.15, 0.2) is 12.4 Å². The topological polar surface area (TPSA) is 144 Å². The highest BCUT2D eigenvalue weighted by atomic mass is 32.2. The molecule has 0 aromatic heterocycles. The summed E-state index contributed by atoms with van der Waals surface area (Å²) >= 11 is 0. The Labute approximate surface area is 225 Å². The number of hydrogen-bond acceptors (Lipinski definition) is 8. The van der Waals surface area contributed by atoms with Crippen molar-refractivity contribution in [3.05, 3.63) is 83.4 Å². The van der Waals surface area contributed by atoms with Crippen LogP contribution in [0.25, 0.3) is 0 Å². The van der Waals surface area contributed by atoms with Crippen molar-refractivity contribution in [1.82, 2.24) is 4.31 Å². The molecule has 2 heterocycles. The number of hydrogen-bond donors (Lipinski definition) is 1. The number of fused-ring (bicyclic) bond motifs is 2. The van der Waals surface area contributed by atoms with Gasteiger partial charge in [-0.15, -0.1) is 0 Å². The van der Waals surface area contributed by atoms with E-state index >= 15 is 0 Å². The van der Waals surface area contributed by atoms with E-state index in [-0.39, 0.29) is 37.1 Å². The van der Waals surface area contributed by atoms with Gasteiger partial charge in [-0.25, -0.2) is 21.6 Å². The average Bonchev–Trinajstić information content (AvgIpc) is 2.95. The minimum absolute atomic E-state index is 0.0468. The molecule has 0 aliphatic carbocycles. The molecule has 1 amide bonds. The van der Waals surface area contributed by atoms with Crippen molar-refractivity contribution in [1.29, 1.82) is 0 Å². The average molecular weight is 569 g/mol. The van der Waals surface area contributed by atoms with Crippen molar-refractivity contribution in [3.63, 3.8) is 0 Å². The SMILES string of the molecule is O=C(COC(=O)c1ccc2c(c1)S(=O)(=O)c1ccccc1C2=O)Nc1cccc(S(=O)(=O)N2CCCCC2)c1. The monoisotopic (exact) mass is 568 g/mol. The third-order valence-corrected chi connectivity index (χ3v) is 10.3. The number of ether oxygens (including phenoxy) is 1. The largest absolute Gasteiger partial charge is 0.452 e. The fraction of sp³-hybridized carbons (Fsp3) is 0.222. The lowest BCUT2D eigenvalue weighted by atomic mass is 10.0. The molecule has 202 valence electrons. The molecule has 12 heteroatoms. The predicted octanol–water partition coefficient (Wildman–Crippen LogP) is 3.03. The number of sulfone groups is 1. The molecule has 1 fully saturated rings. The van der Waals surface area contributed by atoms with E-state index in [9.17, 15) is 31.2 Å². The normalized spacial score (nSPS) is 16.6. The Morgan fingerprint density at radius 3 is 2.36 bits per heavy atom. The Balaban J connectivity index is 1.26. The van der Waals surface area contributed by atoms with Gasteiger partial charge >= 0.3 is 5.97 Å². The number of piperidine rings is 1. The minimum atomic E-state index is -4.05. The summed E-state index contributed by atoms with van der Waals surface area (Å²) in [7, 11) is -7.75. The van der Waals surface area contributed by atoms with Crippen LogP contribution < -0.4 is 5.32 Å². The second-order valence-corrected chi connectivity index (χ2v) is 13.0. The van der Waals surface area contributed by atoms with Gasteiger partial charge in [0.2, 0.25) is 19.9 Å². The van der Waals surface area contributed by atoms with Crippen LogP contribution in [0.2, 0.25) is 0 Å². The molecule has 1 saturated heterocycles. The molecule has 0 spiro atoms. The number of carbonyl (C=O) groups excluding carboxylic acids is 3. The summed E-state index contributed by atoms with van der Waals surface area (Å²) in [5.74, 6) is -2.15. The molecule has 5 rings (SSSR count). The lowest BCUT2D eigenvalue weighted by Gasteiger charge is -2.26. The Morgan fingerprint density at radius 2 is 1.59 bits per heavy atom. The quantitative estimate of drug-likeness (QED) is 0.350. The van der Waals surface area contributed by atoms with Gasteiger partial charge < -0.3 is 10.1 Å². The molecule has 2 aliphatic heterocycles. The Hall–Kier alpha value is -3.87. The van der Waals surface area contributed by atoms with E-state index in [1.807, 2.05) is 0 Å². The first kappa shape index (κ1) is 26.7. The first-order chi connectivity index (χ1) is 18.6. The summed E-state index contributed by atoms with van der Waals surface area (Å²) < 4.78 is 58.4. The van der Waals surface area contributed by atoms with Crippen molar-refractivity contribution >= 4 is 43.2 Å². The second-order valence-electron chi connectivity index (χ2n) is 9.16. The van der Waals surface area contributed by atoms with Gasteiger partial charge in [-0.05, 0) is 61.4 Å². The maximum absolute atomic E-state index is 13.1. The number of rotatable bonds is 6. The van der Waals surface area contributed by atoms with E-state index in [1.54, 1.807) is 6.07 Å². The lowest BCUT2D eigenvalue weighted by Crippen LogP contribution is -2.35. The number of nitrogens with zero attached hydrogens (tertiary/aromatic N) is 1. The van der Waals surface area contributed by atoms with E-state index in [1.165, 1.54) is 58.9 Å². The molecule has 0 bridgehead atoms. The lowest BCUT2D eigenvalue weighted by molar-refractivity contribution is -0.119. The molecule has 0 unspecified atom stereocenters. The zero-order chi connectivity index (χ0) is 27.8. The van der Waals surface area contributed by atoms with Crippen LogP contribution in [0.4, 0.5) is 5.69 Å². The molecule has 39 heavy (non-hydrogen) atoms. The molecule has 0 saturated carbocycles. The molecular weight excluding hydrogens is 544 g/mol. The summed E-state index contributed by atoms with van der Waals surface area (Å²) in [6.45, 7) is 0.187. The summed E-state index contributed by atoms with van der Waals surface area (Å²) in [6, 6.07) is 15.2. The van der Waals surface area contributed by atoms with E-state index in [0.29, 0.717) is 13.1 Å². The smallest absolute Gasteiger partial charge is 0.338 e. The van der Waals surface area contributed by atoms with Crippen molar-refractivity contribution in [2.75, 3.05) is 25.0 Å². The third kappa shape index (κ3) is 5.10. The molecule has 0 atom stereocenters. The molecule has 3 aromatic rings. The van der Waals surface area contributed by atoms with Gasteiger partial charge in [0.25, 0.3) is 5.91 Å². The Morgan fingerprint density at radius 1 is 0.872 bits per heavy atom. The zero-order valence-electron chi connectivity index (χ0n) is 20.6. The van der Waals surface area contributed by atoms with Gasteiger partial charge in [0, 0.05) is 29.9 Å². The maximum atomic E-state index is 13.1. The van der Waals surface area contributed by atoms with Gasteiger partial charge in [-0.2, -0.15) is 4.31 Å². The molecule has 2 aliphatic rings. The maximum Gasteiger partial charge on any atom is 0.338 e. The van der Waals surface area contributed by atoms with Crippen LogP contribution in [0.3, 0.4) is 0 Å². The van der Waals surface area contributed by atoms with Gasteiger partial charge in [-0.3, -0.25) is 9.59 Å². The standard InChI is InChI=1S/C27H24N2O8S2/c30-25(28-19-7-6-8-20(16-19)39(35,36)29-13-4-1-5-14-29)17-37-27(32)18-11-12-22-24(15-18)38(33,34)23-10-3-2-9-21(23)26(22)31/h2-3,6-12,15-16H,1,4-5,13-14,17H2,(H,28,30). The first-order valence-electron chi connectivity index (χ1n) is 12.2. The van der Waals surface area contributed by atoms with E-state index in [2.05, 4.69) is 5.32 Å². The van der Waals surface area contributed by atoms with Gasteiger partial charge in [0.1, 0.15) is 0 Å². The van der Waals surface area contributed by atoms with Gasteiger partial charge in [0.05, 0.1) is 20.2 Å². The van der Waals surface area contributed by atoms with Crippen LogP contribution in [0.5, 0.6) is 0 Å². The van der Waals surface area contributed by atoms with Crippen molar-refractivity contribution in [3.8, 4) is 0 Å². The molecule has 1 N–H and O–H groups in total. The molecule has 0 radical (unpaired) electrons. The number of carbonyl (C=O) groups is 3. The first-order valence-corrected chi connectivity index (χ1v) is 15.1. The van der Waals surface area contributed by atoms with E-state index < -0.39 is 44.1 Å². The third-order valence-electron chi connectivity index (χ3n) is 6.58. The highest BCUT2D eigenvalue weighted by molar-refractivity contribution is 7.91. The van der Waals surface area contributed by atoms with E-state index in [0.717, 1.165) is 25.3 Å². The Bertz CT molecular complexity index is 1710. The van der Waals surface area contributed by atoms with Crippen molar-refractivity contribution in [2.24, 2.45) is 0 Å². The minimum Gasteiger partial charge on any atom is -0.452 e. The molecule has 3 aromatic carbocycles. The highest BCUT2D eigenvalue weighted by Crippen LogP contribution is 2.35. The molecular formula is C27H24N2O8S2. The summed E-state index contributed by atoms with van der Waals surface area (Å²) in [4.78, 5) is 37.4. The fourth-order valence-corrected chi connectivity index (χ4v) is 7.85. The number of esters is 1. The van der Waals surface area contributed by atoms with Crippen LogP contribution in [0.1, 0.15) is 45.5 Å².